The van der Waals surface area contributed by atoms with Crippen molar-refractivity contribution in [1.29, 1.82) is 0 Å². The van der Waals surface area contributed by atoms with Crippen molar-refractivity contribution in [2.24, 2.45) is 5.92 Å². The minimum atomic E-state index is -0.649. The molecular formula is C30H38N2O5. The fourth-order valence-corrected chi connectivity index (χ4v) is 3.90. The Morgan fingerprint density at radius 3 is 2.27 bits per heavy atom. The zero-order valence-electron chi connectivity index (χ0n) is 21.3. The highest BCUT2D eigenvalue weighted by Crippen LogP contribution is 2.19. The molecule has 0 aliphatic carbocycles. The lowest BCUT2D eigenvalue weighted by Gasteiger charge is -2.22. The molecule has 3 N–H and O–H groups in total. The van der Waals surface area contributed by atoms with Crippen LogP contribution in [0.15, 0.2) is 86.0 Å². The van der Waals surface area contributed by atoms with E-state index in [2.05, 4.69) is 23.8 Å². The molecule has 7 heteroatoms. The number of unbranched alkanes of at least 4 members (excludes halogenated alkanes) is 1. The summed E-state index contributed by atoms with van der Waals surface area (Å²) in [6, 6.07) is 18.3. The maximum absolute atomic E-state index is 13.0. The predicted octanol–water partition coefficient (Wildman–Crippen LogP) is 4.05. The summed E-state index contributed by atoms with van der Waals surface area (Å²) < 4.78 is 5.66. The van der Waals surface area contributed by atoms with Gasteiger partial charge in [0.15, 0.2) is 0 Å². The van der Waals surface area contributed by atoms with Crippen molar-refractivity contribution in [2.75, 3.05) is 13.2 Å². The molecule has 2 aromatic rings. The fourth-order valence-electron chi connectivity index (χ4n) is 3.90. The second kappa shape index (κ2) is 16.9. The van der Waals surface area contributed by atoms with Gasteiger partial charge in [-0.25, -0.2) is 0 Å². The molecule has 0 bridgehead atoms. The topological polar surface area (TPSA) is 105 Å². The van der Waals surface area contributed by atoms with Crippen LogP contribution in [0.3, 0.4) is 0 Å². The first-order valence-electron chi connectivity index (χ1n) is 12.6. The average Bonchev–Trinajstić information content (AvgIpc) is 2.91. The number of carbonyl (C=O) groups excluding carboxylic acids is 3. The Balaban J connectivity index is 1.97. The largest absolute Gasteiger partial charge is 0.456 e. The van der Waals surface area contributed by atoms with Crippen LogP contribution in [0.4, 0.5) is 0 Å². The van der Waals surface area contributed by atoms with Gasteiger partial charge in [-0.05, 0) is 36.8 Å². The summed E-state index contributed by atoms with van der Waals surface area (Å²) in [7, 11) is 0. The van der Waals surface area contributed by atoms with Crippen molar-refractivity contribution >= 4 is 17.8 Å². The fraction of sp³-hybridized carbons (Fsp3) is 0.367. The van der Waals surface area contributed by atoms with Crippen molar-refractivity contribution in [1.82, 2.24) is 10.6 Å². The first-order chi connectivity index (χ1) is 18.0. The van der Waals surface area contributed by atoms with Crippen LogP contribution in [0, 0.1) is 5.92 Å². The lowest BCUT2D eigenvalue weighted by atomic mass is 9.98. The van der Waals surface area contributed by atoms with E-state index in [9.17, 15) is 19.5 Å². The zero-order valence-corrected chi connectivity index (χ0v) is 21.3. The molecule has 0 unspecified atom stereocenters. The molecule has 0 radical (unpaired) electrons. The van der Waals surface area contributed by atoms with E-state index in [0.29, 0.717) is 19.3 Å². The number of aliphatic hydroxyl groups is 1. The lowest BCUT2D eigenvalue weighted by Crippen LogP contribution is -2.42. The summed E-state index contributed by atoms with van der Waals surface area (Å²) in [5.41, 5.74) is 1.76. The van der Waals surface area contributed by atoms with E-state index in [1.165, 1.54) is 0 Å². The number of nitrogens with one attached hydrogen (secondary N) is 2. The van der Waals surface area contributed by atoms with Crippen LogP contribution in [0.2, 0.25) is 0 Å². The van der Waals surface area contributed by atoms with Crippen LogP contribution in [0.25, 0.3) is 0 Å². The number of aliphatic hydroxyl groups excluding tert-OH is 1. The molecule has 0 heterocycles. The summed E-state index contributed by atoms with van der Waals surface area (Å²) in [6.07, 6.45) is 5.06. The highest BCUT2D eigenvalue weighted by Gasteiger charge is 2.24. The molecule has 2 rings (SSSR count). The van der Waals surface area contributed by atoms with E-state index < -0.39 is 18.1 Å². The van der Waals surface area contributed by atoms with Gasteiger partial charge in [0.1, 0.15) is 6.10 Å². The quantitative estimate of drug-likeness (QED) is 0.171. The number of hydrogen-bond acceptors (Lipinski definition) is 5. The SMILES string of the molecule is C=CCCCC(=O)O[C@@H](CNC(=O)[C@H](CC=C)CC(=O)N[C@H](CO)Cc1ccccc1)c1ccccc1. The molecule has 0 saturated heterocycles. The third kappa shape index (κ3) is 11.3. The Morgan fingerprint density at radius 2 is 1.65 bits per heavy atom. The van der Waals surface area contributed by atoms with Crippen LogP contribution in [0.1, 0.15) is 49.3 Å². The lowest BCUT2D eigenvalue weighted by molar-refractivity contribution is -0.150. The molecule has 0 saturated carbocycles. The van der Waals surface area contributed by atoms with E-state index in [-0.39, 0.29) is 43.8 Å². The number of esters is 1. The minimum Gasteiger partial charge on any atom is -0.456 e. The van der Waals surface area contributed by atoms with Crippen molar-refractivity contribution < 1.29 is 24.2 Å². The molecule has 7 nitrogen and oxygen atoms in total. The molecular weight excluding hydrogens is 468 g/mol. The standard InChI is InChI=1S/C30H38N2O5/c1-3-5-8-18-29(35)37-27(24-16-11-7-12-17-24)21-31-30(36)25(13-4-2)20-28(34)32-26(22-33)19-23-14-9-6-10-15-23/h3-4,6-7,9-12,14-17,25-27,33H,1-2,5,8,13,18-22H2,(H,31,36)(H,32,34)/t25-,26+,27+/m1/s1. The van der Waals surface area contributed by atoms with E-state index in [1.54, 1.807) is 12.2 Å². The van der Waals surface area contributed by atoms with E-state index in [0.717, 1.165) is 17.5 Å². The van der Waals surface area contributed by atoms with Crippen LogP contribution in [0.5, 0.6) is 0 Å². The molecule has 2 amide bonds. The number of rotatable bonds is 17. The van der Waals surface area contributed by atoms with Crippen molar-refractivity contribution in [3.8, 4) is 0 Å². The molecule has 3 atom stereocenters. The molecule has 0 aromatic heterocycles. The minimum absolute atomic E-state index is 0.0551. The monoisotopic (exact) mass is 506 g/mol. The smallest absolute Gasteiger partial charge is 0.306 e. The van der Waals surface area contributed by atoms with E-state index in [1.807, 2.05) is 60.7 Å². The normalized spacial score (nSPS) is 13.0. The number of amides is 2. The Morgan fingerprint density at radius 1 is 0.973 bits per heavy atom. The summed E-state index contributed by atoms with van der Waals surface area (Å²) in [4.78, 5) is 38.1. The van der Waals surface area contributed by atoms with Crippen molar-refractivity contribution in [3.05, 3.63) is 97.1 Å². The van der Waals surface area contributed by atoms with Crippen LogP contribution in [-0.2, 0) is 25.5 Å². The van der Waals surface area contributed by atoms with Crippen molar-refractivity contribution in [3.63, 3.8) is 0 Å². The Hall–Kier alpha value is -3.71. The molecule has 2 aromatic carbocycles. The summed E-state index contributed by atoms with van der Waals surface area (Å²) in [6.45, 7) is 7.24. The van der Waals surface area contributed by atoms with Crippen molar-refractivity contribution in [2.45, 2.75) is 50.7 Å². The third-order valence-electron chi connectivity index (χ3n) is 5.86. The average molecular weight is 507 g/mol. The number of allylic oxidation sites excluding steroid dienone is 2. The van der Waals surface area contributed by atoms with Crippen LogP contribution >= 0.6 is 0 Å². The van der Waals surface area contributed by atoms with Gasteiger partial charge in [-0.3, -0.25) is 14.4 Å². The molecule has 0 spiro atoms. The van der Waals surface area contributed by atoms with Gasteiger partial charge in [0, 0.05) is 12.8 Å². The highest BCUT2D eigenvalue weighted by molar-refractivity contribution is 5.86. The number of hydrogen-bond donors (Lipinski definition) is 3. The van der Waals surface area contributed by atoms with Crippen LogP contribution in [-0.4, -0.2) is 42.1 Å². The number of benzene rings is 2. The van der Waals surface area contributed by atoms with Crippen LogP contribution < -0.4 is 10.6 Å². The first-order valence-corrected chi connectivity index (χ1v) is 12.6. The summed E-state index contributed by atoms with van der Waals surface area (Å²) in [5, 5.41) is 15.4. The van der Waals surface area contributed by atoms with Gasteiger partial charge in [-0.15, -0.1) is 13.2 Å². The summed E-state index contributed by atoms with van der Waals surface area (Å²) in [5.74, 6) is -1.65. The number of ether oxygens (including phenoxy) is 1. The first kappa shape index (κ1) is 29.5. The number of carbonyl (C=O) groups is 3. The maximum atomic E-state index is 13.0. The van der Waals surface area contributed by atoms with Gasteiger partial charge in [0.25, 0.3) is 0 Å². The Labute approximate surface area is 219 Å². The van der Waals surface area contributed by atoms with E-state index >= 15 is 0 Å². The van der Waals surface area contributed by atoms with Gasteiger partial charge < -0.3 is 20.5 Å². The molecule has 0 aliphatic heterocycles. The molecule has 198 valence electrons. The third-order valence-corrected chi connectivity index (χ3v) is 5.86. The second-order valence-corrected chi connectivity index (χ2v) is 8.88. The highest BCUT2D eigenvalue weighted by atomic mass is 16.5. The van der Waals surface area contributed by atoms with Gasteiger partial charge in [0.2, 0.25) is 11.8 Å². The molecule has 0 fully saturated rings. The Bertz CT molecular complexity index is 994. The molecule has 37 heavy (non-hydrogen) atoms. The Kier molecular flexibility index (Phi) is 13.5. The van der Waals surface area contributed by atoms with Gasteiger partial charge >= 0.3 is 5.97 Å². The van der Waals surface area contributed by atoms with Gasteiger partial charge in [-0.2, -0.15) is 0 Å². The zero-order chi connectivity index (χ0) is 26.9. The van der Waals surface area contributed by atoms with E-state index in [4.69, 9.17) is 4.74 Å². The van der Waals surface area contributed by atoms with Gasteiger partial charge in [-0.1, -0.05) is 72.8 Å². The maximum Gasteiger partial charge on any atom is 0.306 e. The molecule has 0 aliphatic rings. The second-order valence-electron chi connectivity index (χ2n) is 8.88. The predicted molar refractivity (Wildman–Crippen MR) is 144 cm³/mol. The summed E-state index contributed by atoms with van der Waals surface area (Å²) >= 11 is 0. The van der Waals surface area contributed by atoms with Gasteiger partial charge in [0.05, 0.1) is 25.1 Å².